The van der Waals surface area contributed by atoms with Crippen LogP contribution in [-0.4, -0.2) is 62.8 Å². The maximum atomic E-state index is 9.80. The molecular weight excluding hydrogens is 268 g/mol. The van der Waals surface area contributed by atoms with E-state index in [4.69, 9.17) is 19.7 Å². The topological polar surface area (TPSA) is 120 Å². The Labute approximate surface area is 115 Å². The number of aliphatic hydroxyl groups is 5. The molecule has 7 nitrogen and oxygen atoms in total. The van der Waals surface area contributed by atoms with Crippen LogP contribution in [0.2, 0.25) is 0 Å². The highest BCUT2D eigenvalue weighted by Gasteiger charge is 2.44. The lowest BCUT2D eigenvalue weighted by Crippen LogP contribution is -2.60. The summed E-state index contributed by atoms with van der Waals surface area (Å²) in [5.41, 5.74) is 0.700. The van der Waals surface area contributed by atoms with Crippen molar-refractivity contribution in [3.8, 4) is 5.75 Å². The Bertz CT molecular complexity index is 419. The Morgan fingerprint density at radius 1 is 0.950 bits per heavy atom. The molecule has 20 heavy (non-hydrogen) atoms. The Morgan fingerprint density at radius 2 is 1.60 bits per heavy atom. The molecule has 5 atom stereocenters. The molecule has 112 valence electrons. The average Bonchev–Trinajstić information content (AvgIpc) is 2.48. The maximum Gasteiger partial charge on any atom is 0.229 e. The third-order valence-corrected chi connectivity index (χ3v) is 3.21. The Balaban J connectivity index is 2.06. The van der Waals surface area contributed by atoms with Gasteiger partial charge in [0.1, 0.15) is 30.2 Å². The van der Waals surface area contributed by atoms with Crippen LogP contribution in [0.25, 0.3) is 0 Å². The van der Waals surface area contributed by atoms with Crippen molar-refractivity contribution in [2.45, 2.75) is 37.3 Å². The van der Waals surface area contributed by atoms with E-state index in [1.54, 1.807) is 24.3 Å². The first-order valence-electron chi connectivity index (χ1n) is 6.23. The summed E-state index contributed by atoms with van der Waals surface area (Å²) in [6, 6.07) is 6.43. The van der Waals surface area contributed by atoms with Gasteiger partial charge in [0.2, 0.25) is 6.29 Å². The van der Waals surface area contributed by atoms with E-state index in [0.29, 0.717) is 11.3 Å². The van der Waals surface area contributed by atoms with E-state index in [1.807, 2.05) is 0 Å². The molecule has 1 aromatic rings. The molecule has 1 heterocycles. The van der Waals surface area contributed by atoms with E-state index < -0.39 is 37.3 Å². The largest absolute Gasteiger partial charge is 0.462 e. The van der Waals surface area contributed by atoms with Crippen molar-refractivity contribution in [3.63, 3.8) is 0 Å². The minimum absolute atomic E-state index is 0.0969. The van der Waals surface area contributed by atoms with E-state index in [-0.39, 0.29) is 6.61 Å². The molecule has 0 aliphatic carbocycles. The molecule has 5 N–H and O–H groups in total. The van der Waals surface area contributed by atoms with Gasteiger partial charge in [-0.1, -0.05) is 12.1 Å². The van der Waals surface area contributed by atoms with Crippen LogP contribution in [0.15, 0.2) is 24.3 Å². The smallest absolute Gasteiger partial charge is 0.229 e. The van der Waals surface area contributed by atoms with Crippen LogP contribution in [0.5, 0.6) is 5.75 Å². The second-order valence-electron chi connectivity index (χ2n) is 4.62. The van der Waals surface area contributed by atoms with E-state index in [9.17, 15) is 15.3 Å². The van der Waals surface area contributed by atoms with Gasteiger partial charge in [-0.25, -0.2) is 0 Å². The highest BCUT2D eigenvalue weighted by Crippen LogP contribution is 2.24. The van der Waals surface area contributed by atoms with Crippen molar-refractivity contribution in [1.29, 1.82) is 0 Å². The van der Waals surface area contributed by atoms with Crippen LogP contribution in [0.4, 0.5) is 0 Å². The Kier molecular flexibility index (Phi) is 4.92. The van der Waals surface area contributed by atoms with Gasteiger partial charge in [0, 0.05) is 0 Å². The van der Waals surface area contributed by atoms with Gasteiger partial charge < -0.3 is 35.0 Å². The molecule has 0 saturated carbocycles. The van der Waals surface area contributed by atoms with Crippen molar-refractivity contribution < 1.29 is 35.0 Å². The zero-order chi connectivity index (χ0) is 14.7. The Morgan fingerprint density at radius 3 is 2.15 bits per heavy atom. The molecule has 1 aliphatic rings. The lowest BCUT2D eigenvalue weighted by molar-refractivity contribution is -0.277. The summed E-state index contributed by atoms with van der Waals surface area (Å²) in [6.45, 7) is -0.603. The zero-order valence-corrected chi connectivity index (χ0v) is 10.7. The standard InChI is InChI=1S/C13H18O7/c14-5-7-1-3-8(4-2-7)19-13-12(18)11(17)10(16)9(6-15)20-13/h1-4,9-18H,5-6H2/t9-,10+,11+,12-,13-/m0/s1. The maximum absolute atomic E-state index is 9.80. The number of hydrogen-bond donors (Lipinski definition) is 5. The summed E-state index contributed by atoms with van der Waals surface area (Å²) in [7, 11) is 0. The summed E-state index contributed by atoms with van der Waals surface area (Å²) >= 11 is 0. The SMILES string of the molecule is OCc1ccc(O[C@H]2O[C@@H](CO)[C@@H](O)[C@@H](O)[C@@H]2O)cc1. The van der Waals surface area contributed by atoms with E-state index >= 15 is 0 Å². The molecule has 0 bridgehead atoms. The Hall–Kier alpha value is -1.22. The van der Waals surface area contributed by atoms with Crippen molar-refractivity contribution in [1.82, 2.24) is 0 Å². The van der Waals surface area contributed by atoms with Crippen LogP contribution < -0.4 is 4.74 Å². The number of benzene rings is 1. The van der Waals surface area contributed by atoms with Crippen LogP contribution in [0.1, 0.15) is 5.56 Å². The lowest BCUT2D eigenvalue weighted by atomic mass is 9.99. The fourth-order valence-corrected chi connectivity index (χ4v) is 1.97. The summed E-state index contributed by atoms with van der Waals surface area (Å²) in [5.74, 6) is 0.367. The molecule has 0 aromatic heterocycles. The lowest BCUT2D eigenvalue weighted by Gasteiger charge is -2.39. The van der Waals surface area contributed by atoms with E-state index in [1.165, 1.54) is 0 Å². The minimum atomic E-state index is -1.47. The van der Waals surface area contributed by atoms with Gasteiger partial charge in [0.15, 0.2) is 0 Å². The number of aliphatic hydroxyl groups excluding tert-OH is 5. The van der Waals surface area contributed by atoms with Crippen LogP contribution in [-0.2, 0) is 11.3 Å². The first-order valence-corrected chi connectivity index (χ1v) is 6.23. The van der Waals surface area contributed by atoms with Crippen molar-refractivity contribution >= 4 is 0 Å². The van der Waals surface area contributed by atoms with Crippen molar-refractivity contribution in [2.24, 2.45) is 0 Å². The summed E-state index contributed by atoms with van der Waals surface area (Å²) < 4.78 is 10.6. The molecule has 1 aliphatic heterocycles. The summed E-state index contributed by atoms with van der Waals surface area (Å²) in [5, 5.41) is 47.0. The summed E-state index contributed by atoms with van der Waals surface area (Å²) in [4.78, 5) is 0. The van der Waals surface area contributed by atoms with E-state index in [0.717, 1.165) is 0 Å². The highest BCUT2D eigenvalue weighted by molar-refractivity contribution is 5.27. The molecule has 1 saturated heterocycles. The third kappa shape index (κ3) is 3.09. The van der Waals surface area contributed by atoms with Crippen molar-refractivity contribution in [3.05, 3.63) is 29.8 Å². The molecule has 0 spiro atoms. The van der Waals surface area contributed by atoms with Gasteiger partial charge in [0.05, 0.1) is 13.2 Å². The first-order chi connectivity index (χ1) is 9.56. The van der Waals surface area contributed by atoms with Gasteiger partial charge >= 0.3 is 0 Å². The minimum Gasteiger partial charge on any atom is -0.462 e. The second kappa shape index (κ2) is 6.49. The molecule has 0 amide bonds. The normalized spacial score (nSPS) is 34.0. The average molecular weight is 286 g/mol. The monoisotopic (exact) mass is 286 g/mol. The van der Waals surface area contributed by atoms with Crippen molar-refractivity contribution in [2.75, 3.05) is 6.61 Å². The predicted molar refractivity (Wildman–Crippen MR) is 66.8 cm³/mol. The van der Waals surface area contributed by atoms with Crippen LogP contribution in [0.3, 0.4) is 0 Å². The van der Waals surface area contributed by atoms with Gasteiger partial charge in [0.25, 0.3) is 0 Å². The number of hydrogen-bond acceptors (Lipinski definition) is 7. The molecule has 7 heteroatoms. The molecular formula is C13H18O7. The summed E-state index contributed by atoms with van der Waals surface area (Å²) in [6.07, 6.45) is -6.53. The van der Waals surface area contributed by atoms with Gasteiger partial charge in [-0.05, 0) is 17.7 Å². The molecule has 1 fully saturated rings. The van der Waals surface area contributed by atoms with Crippen LogP contribution >= 0.6 is 0 Å². The zero-order valence-electron chi connectivity index (χ0n) is 10.7. The predicted octanol–water partition coefficient (Wildman–Crippen LogP) is -1.64. The number of rotatable bonds is 4. The first kappa shape index (κ1) is 15.2. The third-order valence-electron chi connectivity index (χ3n) is 3.21. The van der Waals surface area contributed by atoms with Gasteiger partial charge in [-0.3, -0.25) is 0 Å². The van der Waals surface area contributed by atoms with Crippen LogP contribution in [0, 0.1) is 0 Å². The fraction of sp³-hybridized carbons (Fsp3) is 0.538. The molecule has 0 unspecified atom stereocenters. The quantitative estimate of drug-likeness (QED) is 0.450. The fourth-order valence-electron chi connectivity index (χ4n) is 1.97. The molecule has 2 rings (SSSR count). The second-order valence-corrected chi connectivity index (χ2v) is 4.62. The molecule has 1 aromatic carbocycles. The van der Waals surface area contributed by atoms with Gasteiger partial charge in [-0.2, -0.15) is 0 Å². The van der Waals surface area contributed by atoms with Gasteiger partial charge in [-0.15, -0.1) is 0 Å². The highest BCUT2D eigenvalue weighted by atomic mass is 16.7. The van der Waals surface area contributed by atoms with E-state index in [2.05, 4.69) is 0 Å². The molecule has 0 radical (unpaired) electrons. The number of ether oxygens (including phenoxy) is 2.